The standard InChI is InChI=1S/C19H12BrFN2/c20-16-4-8-18(9-5-16)23-19-10-3-14(11-15(19)12-22)13-1-6-17(21)7-2-13/h1-11,23H. The summed E-state index contributed by atoms with van der Waals surface area (Å²) in [5, 5.41) is 12.6. The van der Waals surface area contributed by atoms with Crippen molar-refractivity contribution in [1.82, 2.24) is 0 Å². The van der Waals surface area contributed by atoms with E-state index in [0.29, 0.717) is 5.56 Å². The zero-order chi connectivity index (χ0) is 16.2. The maximum atomic E-state index is 13.0. The minimum Gasteiger partial charge on any atom is -0.354 e. The van der Waals surface area contributed by atoms with E-state index in [1.54, 1.807) is 18.2 Å². The Morgan fingerprint density at radius 3 is 2.17 bits per heavy atom. The summed E-state index contributed by atoms with van der Waals surface area (Å²) in [4.78, 5) is 0. The normalized spacial score (nSPS) is 10.1. The topological polar surface area (TPSA) is 35.8 Å². The molecule has 0 aliphatic carbocycles. The van der Waals surface area contributed by atoms with Crippen LogP contribution in [0, 0.1) is 17.1 Å². The molecule has 3 rings (SSSR count). The highest BCUT2D eigenvalue weighted by atomic mass is 79.9. The lowest BCUT2D eigenvalue weighted by Crippen LogP contribution is -1.94. The van der Waals surface area contributed by atoms with Gasteiger partial charge in [0.2, 0.25) is 0 Å². The van der Waals surface area contributed by atoms with Gasteiger partial charge >= 0.3 is 0 Å². The van der Waals surface area contributed by atoms with Crippen molar-refractivity contribution >= 4 is 27.3 Å². The smallest absolute Gasteiger partial charge is 0.123 e. The lowest BCUT2D eigenvalue weighted by atomic mass is 10.0. The molecule has 2 nitrogen and oxygen atoms in total. The Kier molecular flexibility index (Phi) is 4.40. The maximum Gasteiger partial charge on any atom is 0.123 e. The number of hydrogen-bond acceptors (Lipinski definition) is 2. The number of rotatable bonds is 3. The van der Waals surface area contributed by atoms with Crippen LogP contribution in [0.1, 0.15) is 5.56 Å². The van der Waals surface area contributed by atoms with E-state index < -0.39 is 0 Å². The van der Waals surface area contributed by atoms with Crippen molar-refractivity contribution in [1.29, 1.82) is 5.26 Å². The van der Waals surface area contributed by atoms with Crippen LogP contribution in [0.15, 0.2) is 71.2 Å². The highest BCUT2D eigenvalue weighted by Gasteiger charge is 2.06. The SMILES string of the molecule is N#Cc1cc(-c2ccc(F)cc2)ccc1Nc1ccc(Br)cc1. The van der Waals surface area contributed by atoms with Gasteiger partial charge in [0, 0.05) is 10.2 Å². The number of benzene rings is 3. The minimum atomic E-state index is -0.275. The maximum absolute atomic E-state index is 13.0. The molecule has 112 valence electrons. The monoisotopic (exact) mass is 366 g/mol. The molecule has 0 aromatic heterocycles. The molecule has 0 spiro atoms. The number of nitrogens with zero attached hydrogens (tertiary/aromatic N) is 1. The summed E-state index contributed by atoms with van der Waals surface area (Å²) < 4.78 is 14.0. The molecule has 0 aliphatic heterocycles. The van der Waals surface area contributed by atoms with Crippen LogP contribution in [-0.2, 0) is 0 Å². The van der Waals surface area contributed by atoms with Gasteiger partial charge in [0.1, 0.15) is 11.9 Å². The molecule has 0 bridgehead atoms. The van der Waals surface area contributed by atoms with Crippen LogP contribution in [-0.4, -0.2) is 0 Å². The Hall–Kier alpha value is -2.64. The molecule has 0 unspecified atom stereocenters. The third-order valence-electron chi connectivity index (χ3n) is 3.44. The molecule has 1 N–H and O–H groups in total. The summed E-state index contributed by atoms with van der Waals surface area (Å²) in [5.74, 6) is -0.275. The third-order valence-corrected chi connectivity index (χ3v) is 3.97. The zero-order valence-corrected chi connectivity index (χ0v) is 13.6. The summed E-state index contributed by atoms with van der Waals surface area (Å²) in [7, 11) is 0. The molecule has 0 heterocycles. The summed E-state index contributed by atoms with van der Waals surface area (Å²) in [6.07, 6.45) is 0. The van der Waals surface area contributed by atoms with Gasteiger partial charge < -0.3 is 5.32 Å². The highest BCUT2D eigenvalue weighted by molar-refractivity contribution is 9.10. The van der Waals surface area contributed by atoms with Gasteiger partial charge in [0.05, 0.1) is 11.3 Å². The van der Waals surface area contributed by atoms with Crippen molar-refractivity contribution in [2.45, 2.75) is 0 Å². The molecule has 0 radical (unpaired) electrons. The zero-order valence-electron chi connectivity index (χ0n) is 12.1. The Morgan fingerprint density at radius 1 is 0.870 bits per heavy atom. The predicted octanol–water partition coefficient (Wildman–Crippen LogP) is 5.87. The first kappa shape index (κ1) is 15.3. The fourth-order valence-electron chi connectivity index (χ4n) is 2.26. The summed E-state index contributed by atoms with van der Waals surface area (Å²) >= 11 is 3.39. The van der Waals surface area contributed by atoms with Crippen LogP contribution in [0.2, 0.25) is 0 Å². The fraction of sp³-hybridized carbons (Fsp3) is 0. The second kappa shape index (κ2) is 6.64. The van der Waals surface area contributed by atoms with Gasteiger partial charge in [-0.1, -0.05) is 34.1 Å². The van der Waals surface area contributed by atoms with E-state index >= 15 is 0 Å². The van der Waals surface area contributed by atoms with Gasteiger partial charge in [-0.2, -0.15) is 5.26 Å². The predicted molar refractivity (Wildman–Crippen MR) is 94.0 cm³/mol. The van der Waals surface area contributed by atoms with Crippen molar-refractivity contribution in [3.05, 3.63) is 82.6 Å². The first-order chi connectivity index (χ1) is 11.2. The van der Waals surface area contributed by atoms with E-state index in [-0.39, 0.29) is 5.82 Å². The van der Waals surface area contributed by atoms with Crippen LogP contribution in [0.3, 0.4) is 0 Å². The fourth-order valence-corrected chi connectivity index (χ4v) is 2.52. The van der Waals surface area contributed by atoms with Gasteiger partial charge in [0.15, 0.2) is 0 Å². The molecule has 23 heavy (non-hydrogen) atoms. The van der Waals surface area contributed by atoms with Crippen LogP contribution in [0.25, 0.3) is 11.1 Å². The molecule has 0 fully saturated rings. The molecule has 0 aliphatic rings. The number of anilines is 2. The number of nitriles is 1. The molecule has 0 amide bonds. The number of nitrogens with one attached hydrogen (secondary N) is 1. The van der Waals surface area contributed by atoms with Gasteiger partial charge in [-0.25, -0.2) is 4.39 Å². The Bertz CT molecular complexity index is 865. The second-order valence-corrected chi connectivity index (χ2v) is 5.93. The molecule has 3 aromatic carbocycles. The van der Waals surface area contributed by atoms with E-state index in [9.17, 15) is 9.65 Å². The van der Waals surface area contributed by atoms with Crippen LogP contribution in [0.5, 0.6) is 0 Å². The van der Waals surface area contributed by atoms with Crippen molar-refractivity contribution in [2.75, 3.05) is 5.32 Å². The van der Waals surface area contributed by atoms with Crippen molar-refractivity contribution < 1.29 is 4.39 Å². The molecular formula is C19H12BrFN2. The molecule has 0 atom stereocenters. The van der Waals surface area contributed by atoms with Gasteiger partial charge in [0.25, 0.3) is 0 Å². The van der Waals surface area contributed by atoms with Crippen molar-refractivity contribution in [3.8, 4) is 17.2 Å². The van der Waals surface area contributed by atoms with Crippen LogP contribution in [0.4, 0.5) is 15.8 Å². The van der Waals surface area contributed by atoms with E-state index in [1.165, 1.54) is 12.1 Å². The largest absolute Gasteiger partial charge is 0.354 e. The van der Waals surface area contributed by atoms with E-state index in [0.717, 1.165) is 27.0 Å². The molecule has 0 saturated heterocycles. The average molecular weight is 367 g/mol. The Balaban J connectivity index is 1.92. The third kappa shape index (κ3) is 3.58. The molecule has 3 aromatic rings. The summed E-state index contributed by atoms with van der Waals surface area (Å²) in [6, 6.07) is 21.7. The van der Waals surface area contributed by atoms with Gasteiger partial charge in [-0.15, -0.1) is 0 Å². The molecule has 4 heteroatoms. The van der Waals surface area contributed by atoms with Crippen molar-refractivity contribution in [2.24, 2.45) is 0 Å². The second-order valence-electron chi connectivity index (χ2n) is 5.01. The van der Waals surface area contributed by atoms with Gasteiger partial charge in [-0.3, -0.25) is 0 Å². The van der Waals surface area contributed by atoms with Crippen LogP contribution >= 0.6 is 15.9 Å². The quantitative estimate of drug-likeness (QED) is 0.628. The minimum absolute atomic E-state index is 0.275. The number of hydrogen-bond donors (Lipinski definition) is 1. The molecule has 0 saturated carbocycles. The molecular weight excluding hydrogens is 355 g/mol. The van der Waals surface area contributed by atoms with E-state index in [4.69, 9.17) is 0 Å². The number of halogens is 2. The highest BCUT2D eigenvalue weighted by Crippen LogP contribution is 2.27. The van der Waals surface area contributed by atoms with E-state index in [1.807, 2.05) is 36.4 Å². The lowest BCUT2D eigenvalue weighted by Gasteiger charge is -2.10. The Morgan fingerprint density at radius 2 is 1.52 bits per heavy atom. The first-order valence-electron chi connectivity index (χ1n) is 6.98. The van der Waals surface area contributed by atoms with Crippen LogP contribution < -0.4 is 5.32 Å². The average Bonchev–Trinajstić information content (AvgIpc) is 2.58. The first-order valence-corrected chi connectivity index (χ1v) is 7.78. The lowest BCUT2D eigenvalue weighted by molar-refractivity contribution is 0.628. The van der Waals surface area contributed by atoms with Gasteiger partial charge in [-0.05, 0) is 59.7 Å². The summed E-state index contributed by atoms with van der Waals surface area (Å²) in [6.45, 7) is 0. The summed E-state index contributed by atoms with van der Waals surface area (Å²) in [5.41, 5.74) is 3.93. The van der Waals surface area contributed by atoms with E-state index in [2.05, 4.69) is 27.3 Å². The Labute approximate surface area is 142 Å². The van der Waals surface area contributed by atoms with Crippen molar-refractivity contribution in [3.63, 3.8) is 0 Å².